The molecule has 1 heterocycles. The van der Waals surface area contributed by atoms with E-state index in [1.54, 1.807) is 11.5 Å². The second-order valence-electron chi connectivity index (χ2n) is 3.76. The zero-order chi connectivity index (χ0) is 10.8. The van der Waals surface area contributed by atoms with Gasteiger partial charge in [0.15, 0.2) is 0 Å². The van der Waals surface area contributed by atoms with Crippen molar-refractivity contribution in [2.24, 2.45) is 0 Å². The third kappa shape index (κ3) is 2.01. The van der Waals surface area contributed by atoms with Gasteiger partial charge in [0.25, 0.3) is 0 Å². The summed E-state index contributed by atoms with van der Waals surface area (Å²) >= 11 is 7.80. The van der Waals surface area contributed by atoms with Crippen LogP contribution >= 0.6 is 23.1 Å². The van der Waals surface area contributed by atoms with Gasteiger partial charge in [-0.05, 0) is 30.9 Å². The van der Waals surface area contributed by atoms with Gasteiger partial charge >= 0.3 is 0 Å². The van der Waals surface area contributed by atoms with Gasteiger partial charge in [-0.3, -0.25) is 0 Å². The Labute approximate surface area is 99.2 Å². The second-order valence-corrected chi connectivity index (χ2v) is 5.25. The topological polar surface area (TPSA) is 12.9 Å². The molecule has 2 atom stereocenters. The highest BCUT2D eigenvalue weighted by molar-refractivity contribution is 7.07. The molecule has 1 aromatic heterocycles. The molecule has 1 nitrogen and oxygen atoms in total. The lowest BCUT2D eigenvalue weighted by molar-refractivity contribution is 0.664. The zero-order valence-corrected chi connectivity index (χ0v) is 10.5. The van der Waals surface area contributed by atoms with Gasteiger partial charge in [0.05, 0.1) is 5.52 Å². The Morgan fingerprint density at radius 1 is 1.40 bits per heavy atom. The largest absolute Gasteiger partial charge is 0.192 e. The van der Waals surface area contributed by atoms with Crippen LogP contribution in [0, 0.1) is 0 Å². The van der Waals surface area contributed by atoms with Crippen molar-refractivity contribution in [2.45, 2.75) is 31.6 Å². The number of hydrogen-bond donors (Lipinski definition) is 0. The Hall–Kier alpha value is -0.600. The van der Waals surface area contributed by atoms with Crippen LogP contribution in [0.15, 0.2) is 24.3 Å². The molecule has 0 saturated carbocycles. The maximum absolute atomic E-state index is 6.21. The van der Waals surface area contributed by atoms with Crippen LogP contribution in [0.1, 0.15) is 31.1 Å². The van der Waals surface area contributed by atoms with Crippen molar-refractivity contribution in [2.75, 3.05) is 0 Å². The molecule has 0 aliphatic rings. The number of benzene rings is 1. The van der Waals surface area contributed by atoms with Crippen molar-refractivity contribution in [1.29, 1.82) is 0 Å². The molecule has 2 unspecified atom stereocenters. The molecule has 0 aliphatic carbocycles. The highest BCUT2D eigenvalue weighted by Gasteiger charge is 2.20. The number of alkyl halides is 1. The zero-order valence-electron chi connectivity index (χ0n) is 8.90. The molecule has 0 fully saturated rings. The summed E-state index contributed by atoms with van der Waals surface area (Å²) in [5.41, 5.74) is 1.09. The van der Waals surface area contributed by atoms with E-state index in [-0.39, 0.29) is 5.38 Å². The SMILES string of the molecule is CCC(c1snc2ccccc12)C(C)Cl. The summed E-state index contributed by atoms with van der Waals surface area (Å²) in [6.07, 6.45) is 1.07. The molecular weight excluding hydrogens is 226 g/mol. The normalized spacial score (nSPS) is 15.4. The van der Waals surface area contributed by atoms with E-state index in [9.17, 15) is 0 Å². The van der Waals surface area contributed by atoms with Crippen LogP contribution in [-0.4, -0.2) is 9.75 Å². The predicted molar refractivity (Wildman–Crippen MR) is 68.0 cm³/mol. The molecule has 2 rings (SSSR count). The van der Waals surface area contributed by atoms with Crippen molar-refractivity contribution in [3.05, 3.63) is 29.1 Å². The Balaban J connectivity index is 2.51. The van der Waals surface area contributed by atoms with Crippen LogP contribution in [0.3, 0.4) is 0 Å². The molecule has 0 amide bonds. The highest BCUT2D eigenvalue weighted by Crippen LogP contribution is 2.35. The van der Waals surface area contributed by atoms with E-state index < -0.39 is 0 Å². The Morgan fingerprint density at radius 2 is 2.13 bits per heavy atom. The lowest BCUT2D eigenvalue weighted by Gasteiger charge is -2.15. The predicted octanol–water partition coefficient (Wildman–Crippen LogP) is 4.42. The molecule has 0 aliphatic heterocycles. The Morgan fingerprint density at radius 3 is 2.80 bits per heavy atom. The van der Waals surface area contributed by atoms with Gasteiger partial charge in [0.1, 0.15) is 0 Å². The summed E-state index contributed by atoms with van der Waals surface area (Å²) in [4.78, 5) is 1.33. The maximum Gasteiger partial charge on any atom is 0.0843 e. The van der Waals surface area contributed by atoms with Gasteiger partial charge in [-0.1, -0.05) is 25.1 Å². The first-order chi connectivity index (χ1) is 7.24. The summed E-state index contributed by atoms with van der Waals surface area (Å²) in [5.74, 6) is 0.420. The molecule has 0 spiro atoms. The first-order valence-electron chi connectivity index (χ1n) is 5.22. The van der Waals surface area contributed by atoms with Gasteiger partial charge in [-0.15, -0.1) is 11.6 Å². The van der Waals surface area contributed by atoms with Gasteiger partial charge in [-0.25, -0.2) is 0 Å². The molecule has 0 saturated heterocycles. The monoisotopic (exact) mass is 239 g/mol. The summed E-state index contributed by atoms with van der Waals surface area (Å²) in [6, 6.07) is 8.28. The van der Waals surface area contributed by atoms with Crippen LogP contribution in [-0.2, 0) is 0 Å². The number of hydrogen-bond acceptors (Lipinski definition) is 2. The molecular formula is C12H14ClNS. The van der Waals surface area contributed by atoms with Gasteiger partial charge in [0, 0.05) is 21.6 Å². The molecule has 2 aromatic rings. The standard InChI is InChI=1S/C12H14ClNS/c1-3-9(8(2)13)12-10-6-4-5-7-11(10)14-15-12/h4-9H,3H2,1-2H3. The van der Waals surface area contributed by atoms with E-state index >= 15 is 0 Å². The molecule has 3 heteroatoms. The van der Waals surface area contributed by atoms with E-state index in [4.69, 9.17) is 11.6 Å². The van der Waals surface area contributed by atoms with Crippen molar-refractivity contribution < 1.29 is 0 Å². The van der Waals surface area contributed by atoms with E-state index in [0.29, 0.717) is 5.92 Å². The van der Waals surface area contributed by atoms with Crippen LogP contribution < -0.4 is 0 Å². The average Bonchev–Trinajstić information content (AvgIpc) is 2.63. The Kier molecular flexibility index (Phi) is 3.27. The molecule has 1 aromatic carbocycles. The quantitative estimate of drug-likeness (QED) is 0.723. The number of halogens is 1. The van der Waals surface area contributed by atoms with Crippen molar-refractivity contribution in [3.63, 3.8) is 0 Å². The minimum absolute atomic E-state index is 0.166. The van der Waals surface area contributed by atoms with Crippen LogP contribution in [0.2, 0.25) is 0 Å². The molecule has 15 heavy (non-hydrogen) atoms. The number of fused-ring (bicyclic) bond motifs is 1. The first-order valence-corrected chi connectivity index (χ1v) is 6.43. The van der Waals surface area contributed by atoms with E-state index in [1.165, 1.54) is 10.3 Å². The first kappa shape index (κ1) is 10.9. The number of rotatable bonds is 3. The maximum atomic E-state index is 6.21. The molecule has 80 valence electrons. The van der Waals surface area contributed by atoms with Crippen LogP contribution in [0.25, 0.3) is 10.9 Å². The molecule has 0 bridgehead atoms. The number of aromatic nitrogens is 1. The van der Waals surface area contributed by atoms with Gasteiger partial charge in [-0.2, -0.15) is 4.37 Å². The van der Waals surface area contributed by atoms with E-state index in [0.717, 1.165) is 11.9 Å². The lowest BCUT2D eigenvalue weighted by Crippen LogP contribution is -2.06. The van der Waals surface area contributed by atoms with E-state index in [1.807, 2.05) is 6.07 Å². The van der Waals surface area contributed by atoms with Crippen LogP contribution in [0.5, 0.6) is 0 Å². The van der Waals surface area contributed by atoms with Crippen molar-refractivity contribution in [1.82, 2.24) is 4.37 Å². The number of nitrogens with zero attached hydrogens (tertiary/aromatic N) is 1. The fourth-order valence-corrected chi connectivity index (χ4v) is 3.41. The second kappa shape index (κ2) is 4.50. The third-order valence-corrected chi connectivity index (χ3v) is 4.05. The fourth-order valence-electron chi connectivity index (χ4n) is 1.90. The average molecular weight is 240 g/mol. The van der Waals surface area contributed by atoms with Gasteiger partial charge < -0.3 is 0 Å². The third-order valence-electron chi connectivity index (χ3n) is 2.74. The summed E-state index contributed by atoms with van der Waals surface area (Å²) < 4.78 is 4.45. The van der Waals surface area contributed by atoms with E-state index in [2.05, 4.69) is 36.4 Å². The van der Waals surface area contributed by atoms with Crippen molar-refractivity contribution >= 4 is 34.0 Å². The van der Waals surface area contributed by atoms with Gasteiger partial charge in [0.2, 0.25) is 0 Å². The fraction of sp³-hybridized carbons (Fsp3) is 0.417. The smallest absolute Gasteiger partial charge is 0.0843 e. The minimum Gasteiger partial charge on any atom is -0.192 e. The highest BCUT2D eigenvalue weighted by atomic mass is 35.5. The summed E-state index contributed by atoms with van der Waals surface area (Å²) in [6.45, 7) is 4.24. The summed E-state index contributed by atoms with van der Waals surface area (Å²) in [7, 11) is 0. The van der Waals surface area contributed by atoms with Crippen LogP contribution in [0.4, 0.5) is 0 Å². The Bertz CT molecular complexity index is 450. The molecule has 0 radical (unpaired) electrons. The lowest BCUT2D eigenvalue weighted by atomic mass is 9.98. The summed E-state index contributed by atoms with van der Waals surface area (Å²) in [5, 5.41) is 1.43. The molecule has 0 N–H and O–H groups in total. The minimum atomic E-state index is 0.166. The van der Waals surface area contributed by atoms with Crippen molar-refractivity contribution in [3.8, 4) is 0 Å².